The summed E-state index contributed by atoms with van der Waals surface area (Å²) >= 11 is 3.37. The van der Waals surface area contributed by atoms with Crippen molar-refractivity contribution in [1.82, 2.24) is 0 Å². The first-order valence-electron chi connectivity index (χ1n) is 7.79. The van der Waals surface area contributed by atoms with Crippen LogP contribution in [0.5, 0.6) is 0 Å². The van der Waals surface area contributed by atoms with Crippen molar-refractivity contribution in [3.63, 3.8) is 0 Å². The zero-order chi connectivity index (χ0) is 15.4. The second kappa shape index (κ2) is 7.41. The number of hydrogen-bond acceptors (Lipinski definition) is 2. The summed E-state index contributed by atoms with van der Waals surface area (Å²) in [4.78, 5) is 13.7. The van der Waals surface area contributed by atoms with Gasteiger partial charge in [-0.1, -0.05) is 15.9 Å². The maximum absolute atomic E-state index is 12.1. The van der Waals surface area contributed by atoms with E-state index in [2.05, 4.69) is 29.8 Å². The number of rotatable bonds is 4. The Labute approximate surface area is 135 Å². The molecule has 21 heavy (non-hydrogen) atoms. The highest BCUT2D eigenvalue weighted by molar-refractivity contribution is 9.10. The molecule has 0 amide bonds. The summed E-state index contributed by atoms with van der Waals surface area (Å²) in [6, 6.07) is 8.61. The molecule has 0 radical (unpaired) electrons. The van der Waals surface area contributed by atoms with Gasteiger partial charge in [0.2, 0.25) is 0 Å². The quantitative estimate of drug-likeness (QED) is 0.842. The van der Waals surface area contributed by atoms with Crippen molar-refractivity contribution in [3.8, 4) is 0 Å². The molecule has 1 aliphatic rings. The number of piperidine rings is 1. The molecule has 1 aromatic carbocycles. The van der Waals surface area contributed by atoms with Crippen LogP contribution in [0.25, 0.3) is 0 Å². The molecule has 0 saturated carbocycles. The minimum absolute atomic E-state index is 0.0563. The summed E-state index contributed by atoms with van der Waals surface area (Å²) in [5, 5.41) is 0. The van der Waals surface area contributed by atoms with Gasteiger partial charge in [-0.25, -0.2) is 4.79 Å². The normalized spacial score (nSPS) is 24.6. The van der Waals surface area contributed by atoms with E-state index in [-0.39, 0.29) is 12.1 Å². The van der Waals surface area contributed by atoms with E-state index in [9.17, 15) is 4.79 Å². The third-order valence-electron chi connectivity index (χ3n) is 4.45. The predicted molar refractivity (Wildman–Crippen MR) is 87.6 cm³/mol. The van der Waals surface area contributed by atoms with E-state index < -0.39 is 0 Å². The molecule has 3 nitrogen and oxygen atoms in total. The molecule has 4 heteroatoms. The average molecular weight is 355 g/mol. The van der Waals surface area contributed by atoms with E-state index in [1.807, 2.05) is 19.1 Å². The largest absolute Gasteiger partial charge is 0.453 e. The third-order valence-corrected chi connectivity index (χ3v) is 4.98. The Morgan fingerprint density at radius 3 is 2.43 bits per heavy atom. The average Bonchev–Trinajstić information content (AvgIpc) is 2.43. The first-order valence-corrected chi connectivity index (χ1v) is 8.58. The summed E-state index contributed by atoms with van der Waals surface area (Å²) in [6.07, 6.45) is 3.80. The standard InChI is InChI=1S/C17H24BrNO2/c1-12-5-4-6-13(2)19(12)11-14(3)21-17(20)15-7-9-16(18)10-8-15/h7-10,12-14H,4-6,11H2,1-3H3/p+1/t12-,13-,14-/m1/s1. The number of hydrogen-bond donors (Lipinski definition) is 1. The zero-order valence-electron chi connectivity index (χ0n) is 13.1. The van der Waals surface area contributed by atoms with Gasteiger partial charge in [-0.15, -0.1) is 0 Å². The van der Waals surface area contributed by atoms with Crippen LogP contribution in [0.2, 0.25) is 0 Å². The molecular weight excluding hydrogens is 330 g/mol. The molecule has 1 fully saturated rings. The van der Waals surface area contributed by atoms with E-state index in [1.54, 1.807) is 17.0 Å². The van der Waals surface area contributed by atoms with E-state index in [0.717, 1.165) is 11.0 Å². The van der Waals surface area contributed by atoms with Crippen LogP contribution < -0.4 is 4.90 Å². The maximum atomic E-state index is 12.1. The number of benzene rings is 1. The molecule has 1 saturated heterocycles. The molecule has 1 aliphatic heterocycles. The molecule has 0 aromatic heterocycles. The van der Waals surface area contributed by atoms with Crippen LogP contribution in [0.3, 0.4) is 0 Å². The summed E-state index contributed by atoms with van der Waals surface area (Å²) in [5.41, 5.74) is 0.611. The monoisotopic (exact) mass is 354 g/mol. The highest BCUT2D eigenvalue weighted by atomic mass is 79.9. The molecule has 1 heterocycles. The third kappa shape index (κ3) is 4.55. The van der Waals surface area contributed by atoms with Crippen LogP contribution in [-0.4, -0.2) is 30.7 Å². The van der Waals surface area contributed by atoms with Gasteiger partial charge in [0.05, 0.1) is 17.6 Å². The molecule has 1 aromatic rings. The van der Waals surface area contributed by atoms with Gasteiger partial charge in [-0.2, -0.15) is 0 Å². The summed E-state index contributed by atoms with van der Waals surface area (Å²) < 4.78 is 6.57. The number of carbonyl (C=O) groups excluding carboxylic acids is 1. The molecule has 3 atom stereocenters. The van der Waals surface area contributed by atoms with Crippen molar-refractivity contribution in [1.29, 1.82) is 0 Å². The fraction of sp³-hybridized carbons (Fsp3) is 0.588. The molecular formula is C17H25BrNO2+. The first kappa shape index (κ1) is 16.5. The Bertz CT molecular complexity index is 464. The Kier molecular flexibility index (Phi) is 5.82. The molecule has 1 N–H and O–H groups in total. The topological polar surface area (TPSA) is 30.7 Å². The van der Waals surface area contributed by atoms with E-state index in [0.29, 0.717) is 17.6 Å². The van der Waals surface area contributed by atoms with Crippen LogP contribution >= 0.6 is 15.9 Å². The lowest BCUT2D eigenvalue weighted by atomic mass is 9.97. The highest BCUT2D eigenvalue weighted by Crippen LogP contribution is 2.12. The Morgan fingerprint density at radius 1 is 1.29 bits per heavy atom. The van der Waals surface area contributed by atoms with Crippen LogP contribution in [0, 0.1) is 0 Å². The lowest BCUT2D eigenvalue weighted by Crippen LogP contribution is -3.20. The van der Waals surface area contributed by atoms with E-state index in [1.165, 1.54) is 19.3 Å². The number of likely N-dealkylation sites (tertiary alicyclic amines) is 1. The van der Waals surface area contributed by atoms with E-state index >= 15 is 0 Å². The summed E-state index contributed by atoms with van der Waals surface area (Å²) in [7, 11) is 0. The predicted octanol–water partition coefficient (Wildman–Crippen LogP) is 2.84. The molecule has 116 valence electrons. The van der Waals surface area contributed by atoms with E-state index in [4.69, 9.17) is 4.74 Å². The number of nitrogens with one attached hydrogen (secondary N) is 1. The van der Waals surface area contributed by atoms with Crippen LogP contribution in [0.15, 0.2) is 28.7 Å². The van der Waals surface area contributed by atoms with Crippen LogP contribution in [0.4, 0.5) is 0 Å². The molecule has 0 aliphatic carbocycles. The van der Waals surface area contributed by atoms with Crippen LogP contribution in [-0.2, 0) is 4.74 Å². The molecule has 2 rings (SSSR count). The van der Waals surface area contributed by atoms with Crippen molar-refractivity contribution in [2.45, 2.75) is 58.2 Å². The van der Waals surface area contributed by atoms with Gasteiger partial charge in [-0.05, 0) is 64.3 Å². The number of quaternary nitrogens is 1. The Morgan fingerprint density at radius 2 is 1.86 bits per heavy atom. The lowest BCUT2D eigenvalue weighted by Gasteiger charge is -2.37. The molecule has 0 spiro atoms. The number of carbonyl (C=O) groups is 1. The van der Waals surface area contributed by atoms with Gasteiger partial charge >= 0.3 is 5.97 Å². The Balaban J connectivity index is 1.90. The zero-order valence-corrected chi connectivity index (χ0v) is 14.7. The summed E-state index contributed by atoms with van der Waals surface area (Å²) in [6.45, 7) is 7.49. The second-order valence-corrected chi connectivity index (χ2v) is 7.15. The van der Waals surface area contributed by atoms with Gasteiger partial charge in [-0.3, -0.25) is 0 Å². The minimum atomic E-state index is -0.230. The van der Waals surface area contributed by atoms with Gasteiger partial charge in [0.25, 0.3) is 0 Å². The number of esters is 1. The Hall–Kier alpha value is -0.870. The van der Waals surface area contributed by atoms with Crippen LogP contribution in [0.1, 0.15) is 50.4 Å². The number of halogens is 1. The van der Waals surface area contributed by atoms with Crippen molar-refractivity contribution < 1.29 is 14.4 Å². The minimum Gasteiger partial charge on any atom is -0.453 e. The maximum Gasteiger partial charge on any atom is 0.338 e. The fourth-order valence-corrected chi connectivity index (χ4v) is 3.46. The smallest absolute Gasteiger partial charge is 0.338 e. The first-order chi connectivity index (χ1) is 9.97. The second-order valence-electron chi connectivity index (χ2n) is 6.23. The van der Waals surface area contributed by atoms with Gasteiger partial charge in [0, 0.05) is 4.47 Å². The van der Waals surface area contributed by atoms with Crippen molar-refractivity contribution >= 4 is 21.9 Å². The molecule has 0 bridgehead atoms. The van der Waals surface area contributed by atoms with Crippen molar-refractivity contribution in [2.75, 3.05) is 6.54 Å². The van der Waals surface area contributed by atoms with Gasteiger partial charge in [0.1, 0.15) is 12.6 Å². The van der Waals surface area contributed by atoms with Gasteiger partial charge in [0.15, 0.2) is 0 Å². The molecule has 0 unspecified atom stereocenters. The summed E-state index contributed by atoms with van der Waals surface area (Å²) in [5.74, 6) is -0.230. The fourth-order valence-electron chi connectivity index (χ4n) is 3.20. The SMILES string of the molecule is C[C@H](C[NH+]1[C@H](C)CCC[C@H]1C)OC(=O)c1ccc(Br)cc1. The van der Waals surface area contributed by atoms with Gasteiger partial charge < -0.3 is 9.64 Å². The van der Waals surface area contributed by atoms with Crippen molar-refractivity contribution in [3.05, 3.63) is 34.3 Å². The highest BCUT2D eigenvalue weighted by Gasteiger charge is 2.30. The lowest BCUT2D eigenvalue weighted by molar-refractivity contribution is -0.953. The number of ether oxygens (including phenoxy) is 1. The van der Waals surface area contributed by atoms with Crippen molar-refractivity contribution in [2.24, 2.45) is 0 Å².